The van der Waals surface area contributed by atoms with Gasteiger partial charge in [-0.05, 0) is 44.3 Å². The Morgan fingerprint density at radius 1 is 1.33 bits per heavy atom. The van der Waals surface area contributed by atoms with Crippen molar-refractivity contribution in [1.29, 1.82) is 0 Å². The molecule has 1 aliphatic heterocycles. The third kappa shape index (κ3) is 5.49. The molecule has 1 aromatic rings. The standard InChI is InChI=1S/C17H26N4O3/c1-13(2)10-16(20-8-3-4-9-20)12-18-17(22)19-14-6-5-7-15(11-14)21(23)24/h5-7,11,13,16H,3-4,8-10,12H2,1-2H3,(H2,18,19,22). The first-order valence-corrected chi connectivity index (χ1v) is 8.49. The van der Waals surface area contributed by atoms with E-state index in [1.807, 2.05) is 0 Å². The van der Waals surface area contributed by atoms with Gasteiger partial charge in [0.05, 0.1) is 4.92 Å². The van der Waals surface area contributed by atoms with Crippen molar-refractivity contribution in [1.82, 2.24) is 10.2 Å². The third-order valence-corrected chi connectivity index (χ3v) is 4.21. The van der Waals surface area contributed by atoms with Crippen LogP contribution in [-0.4, -0.2) is 41.5 Å². The molecule has 0 bridgehead atoms. The molecule has 132 valence electrons. The van der Waals surface area contributed by atoms with Gasteiger partial charge in [-0.25, -0.2) is 4.79 Å². The van der Waals surface area contributed by atoms with E-state index in [2.05, 4.69) is 29.4 Å². The lowest BCUT2D eigenvalue weighted by atomic mass is 10.0. The molecule has 2 rings (SSSR count). The molecule has 0 spiro atoms. The van der Waals surface area contributed by atoms with Crippen molar-refractivity contribution >= 4 is 17.4 Å². The van der Waals surface area contributed by atoms with Gasteiger partial charge < -0.3 is 10.6 Å². The molecule has 24 heavy (non-hydrogen) atoms. The van der Waals surface area contributed by atoms with Crippen LogP contribution in [0.4, 0.5) is 16.2 Å². The summed E-state index contributed by atoms with van der Waals surface area (Å²) >= 11 is 0. The number of nitrogens with zero attached hydrogens (tertiary/aromatic N) is 2. The summed E-state index contributed by atoms with van der Waals surface area (Å²) in [4.78, 5) is 24.8. The van der Waals surface area contributed by atoms with Gasteiger partial charge in [0, 0.05) is 30.4 Å². The minimum atomic E-state index is -0.477. The SMILES string of the molecule is CC(C)CC(CNC(=O)Nc1cccc([N+](=O)[O-])c1)N1CCCC1. The van der Waals surface area contributed by atoms with Gasteiger partial charge in [0.25, 0.3) is 5.69 Å². The number of carbonyl (C=O) groups is 1. The molecule has 2 N–H and O–H groups in total. The number of hydrogen-bond donors (Lipinski definition) is 2. The highest BCUT2D eigenvalue weighted by Crippen LogP contribution is 2.18. The maximum absolute atomic E-state index is 12.1. The van der Waals surface area contributed by atoms with Gasteiger partial charge in [-0.1, -0.05) is 19.9 Å². The van der Waals surface area contributed by atoms with Crippen LogP contribution in [0.3, 0.4) is 0 Å². The average molecular weight is 334 g/mol. The van der Waals surface area contributed by atoms with Gasteiger partial charge in [0.1, 0.15) is 0 Å². The fourth-order valence-electron chi connectivity index (χ4n) is 3.10. The minimum Gasteiger partial charge on any atom is -0.336 e. The van der Waals surface area contributed by atoms with Crippen LogP contribution < -0.4 is 10.6 Å². The molecule has 1 heterocycles. The molecule has 1 fully saturated rings. The number of nitrogens with one attached hydrogen (secondary N) is 2. The van der Waals surface area contributed by atoms with E-state index in [0.29, 0.717) is 24.2 Å². The van der Waals surface area contributed by atoms with E-state index in [1.165, 1.54) is 25.0 Å². The lowest BCUT2D eigenvalue weighted by Gasteiger charge is -2.29. The van der Waals surface area contributed by atoms with Gasteiger partial charge >= 0.3 is 6.03 Å². The lowest BCUT2D eigenvalue weighted by Crippen LogP contribution is -2.44. The molecular formula is C17H26N4O3. The molecule has 1 aromatic carbocycles. The van der Waals surface area contributed by atoms with E-state index < -0.39 is 4.92 Å². The van der Waals surface area contributed by atoms with Crippen molar-refractivity contribution in [3.05, 3.63) is 34.4 Å². The van der Waals surface area contributed by atoms with Crippen molar-refractivity contribution in [2.75, 3.05) is 25.0 Å². The topological polar surface area (TPSA) is 87.5 Å². The van der Waals surface area contributed by atoms with Crippen molar-refractivity contribution in [2.45, 2.75) is 39.2 Å². The van der Waals surface area contributed by atoms with Crippen LogP contribution in [0.25, 0.3) is 0 Å². The summed E-state index contributed by atoms with van der Waals surface area (Å²) < 4.78 is 0. The van der Waals surface area contributed by atoms with E-state index in [-0.39, 0.29) is 11.7 Å². The third-order valence-electron chi connectivity index (χ3n) is 4.21. The average Bonchev–Trinajstić information content (AvgIpc) is 3.05. The molecule has 0 radical (unpaired) electrons. The highest BCUT2D eigenvalue weighted by molar-refractivity contribution is 5.89. The van der Waals surface area contributed by atoms with E-state index in [9.17, 15) is 14.9 Å². The van der Waals surface area contributed by atoms with E-state index in [4.69, 9.17) is 0 Å². The number of benzene rings is 1. The number of urea groups is 1. The zero-order valence-electron chi connectivity index (χ0n) is 14.3. The molecule has 0 aliphatic carbocycles. The Hall–Kier alpha value is -2.15. The van der Waals surface area contributed by atoms with E-state index >= 15 is 0 Å². The minimum absolute atomic E-state index is 0.0393. The van der Waals surface area contributed by atoms with Gasteiger partial charge in [0.2, 0.25) is 0 Å². The predicted octanol–water partition coefficient (Wildman–Crippen LogP) is 3.23. The van der Waals surface area contributed by atoms with Crippen molar-refractivity contribution < 1.29 is 9.72 Å². The molecule has 1 unspecified atom stereocenters. The Morgan fingerprint density at radius 3 is 2.67 bits per heavy atom. The number of rotatable bonds is 7. The van der Waals surface area contributed by atoms with Gasteiger partial charge in [-0.2, -0.15) is 0 Å². The Bertz CT molecular complexity index is 571. The van der Waals surface area contributed by atoms with Crippen molar-refractivity contribution in [2.24, 2.45) is 5.92 Å². The summed E-state index contributed by atoms with van der Waals surface area (Å²) in [5, 5.41) is 16.3. The number of nitro benzene ring substituents is 1. The second-order valence-corrected chi connectivity index (χ2v) is 6.67. The molecule has 1 atom stereocenters. The number of nitro groups is 1. The summed E-state index contributed by atoms with van der Waals surface area (Å²) in [7, 11) is 0. The Labute approximate surface area is 142 Å². The van der Waals surface area contributed by atoms with E-state index in [1.54, 1.807) is 12.1 Å². The fraction of sp³-hybridized carbons (Fsp3) is 0.588. The summed E-state index contributed by atoms with van der Waals surface area (Å²) in [6.07, 6.45) is 3.47. The Balaban J connectivity index is 1.88. The summed E-state index contributed by atoms with van der Waals surface area (Å²) in [6.45, 7) is 7.13. The number of amides is 2. The first-order chi connectivity index (χ1) is 11.5. The normalized spacial score (nSPS) is 16.1. The number of carbonyl (C=O) groups excluding carboxylic acids is 1. The van der Waals surface area contributed by atoms with Gasteiger partial charge in [-0.15, -0.1) is 0 Å². The largest absolute Gasteiger partial charge is 0.336 e. The summed E-state index contributed by atoms with van der Waals surface area (Å²) in [5.74, 6) is 0.567. The quantitative estimate of drug-likeness (QED) is 0.592. The van der Waals surface area contributed by atoms with Crippen LogP contribution in [0.5, 0.6) is 0 Å². The highest BCUT2D eigenvalue weighted by atomic mass is 16.6. The van der Waals surface area contributed by atoms with E-state index in [0.717, 1.165) is 19.5 Å². The molecule has 0 saturated carbocycles. The molecule has 1 aliphatic rings. The smallest absolute Gasteiger partial charge is 0.319 e. The number of likely N-dealkylation sites (tertiary alicyclic amines) is 1. The number of hydrogen-bond acceptors (Lipinski definition) is 4. The second-order valence-electron chi connectivity index (χ2n) is 6.67. The molecular weight excluding hydrogens is 308 g/mol. The lowest BCUT2D eigenvalue weighted by molar-refractivity contribution is -0.384. The zero-order valence-corrected chi connectivity index (χ0v) is 14.3. The van der Waals surface area contributed by atoms with Crippen LogP contribution >= 0.6 is 0 Å². The predicted molar refractivity (Wildman–Crippen MR) is 94.2 cm³/mol. The molecule has 0 aromatic heterocycles. The monoisotopic (exact) mass is 334 g/mol. The molecule has 2 amide bonds. The maximum atomic E-state index is 12.1. The van der Waals surface area contributed by atoms with Crippen LogP contribution in [-0.2, 0) is 0 Å². The molecule has 7 nitrogen and oxygen atoms in total. The van der Waals surface area contributed by atoms with Crippen LogP contribution in [0.1, 0.15) is 33.1 Å². The van der Waals surface area contributed by atoms with Crippen LogP contribution in [0.15, 0.2) is 24.3 Å². The van der Waals surface area contributed by atoms with Gasteiger partial charge in [-0.3, -0.25) is 15.0 Å². The fourth-order valence-corrected chi connectivity index (χ4v) is 3.10. The first kappa shape index (κ1) is 18.2. The summed E-state index contributed by atoms with van der Waals surface area (Å²) in [5.41, 5.74) is 0.380. The summed E-state index contributed by atoms with van der Waals surface area (Å²) in [6, 6.07) is 5.95. The number of anilines is 1. The van der Waals surface area contributed by atoms with Crippen molar-refractivity contribution in [3.8, 4) is 0 Å². The van der Waals surface area contributed by atoms with Crippen molar-refractivity contribution in [3.63, 3.8) is 0 Å². The van der Waals surface area contributed by atoms with Crippen LogP contribution in [0.2, 0.25) is 0 Å². The Kier molecular flexibility index (Phi) is 6.54. The first-order valence-electron chi connectivity index (χ1n) is 8.49. The molecule has 7 heteroatoms. The van der Waals surface area contributed by atoms with Crippen LogP contribution in [0, 0.1) is 16.0 Å². The molecule has 1 saturated heterocycles. The Morgan fingerprint density at radius 2 is 2.04 bits per heavy atom. The highest BCUT2D eigenvalue weighted by Gasteiger charge is 2.23. The maximum Gasteiger partial charge on any atom is 0.319 e. The number of non-ortho nitro benzene ring substituents is 1. The van der Waals surface area contributed by atoms with Gasteiger partial charge in [0.15, 0.2) is 0 Å². The second kappa shape index (κ2) is 8.63. The zero-order chi connectivity index (χ0) is 17.5.